The minimum Gasteiger partial charge on any atom is -0.501 e. The Morgan fingerprint density at radius 1 is 1.50 bits per heavy atom. The van der Waals surface area contributed by atoms with E-state index >= 15 is 0 Å². The molecule has 1 saturated carbocycles. The maximum absolute atomic E-state index is 14.3. The highest BCUT2D eigenvalue weighted by atomic mass is 127. The van der Waals surface area contributed by atoms with Crippen molar-refractivity contribution in [2.45, 2.75) is 18.9 Å². The molecule has 1 aliphatic rings. The monoisotopic (exact) mass is 383 g/mol. The molecule has 0 spiro atoms. The molecule has 0 amide bonds. The molecule has 6 heteroatoms. The molecule has 0 atom stereocenters. The van der Waals surface area contributed by atoms with Crippen LogP contribution in [0.2, 0.25) is 0 Å². The molecule has 102 valence electrons. The van der Waals surface area contributed by atoms with Crippen LogP contribution in [0.3, 0.4) is 0 Å². The van der Waals surface area contributed by atoms with Gasteiger partial charge in [-0.15, -0.1) is 0 Å². The zero-order valence-corrected chi connectivity index (χ0v) is 12.9. The largest absolute Gasteiger partial charge is 0.501 e. The second-order valence-electron chi connectivity index (χ2n) is 4.66. The molecule has 4 nitrogen and oxygen atoms in total. The topological polar surface area (TPSA) is 31.4 Å². The Bertz CT molecular complexity index is 696. The number of aryl methyl sites for hydroxylation is 1. The summed E-state index contributed by atoms with van der Waals surface area (Å²) in [5.41, 5.74) is 1.09. The van der Waals surface area contributed by atoms with Gasteiger partial charge in [0.1, 0.15) is 11.6 Å². The van der Waals surface area contributed by atoms with Crippen molar-refractivity contribution < 1.29 is 9.13 Å². The smallest absolute Gasteiger partial charge is 0.240 e. The lowest BCUT2D eigenvalue weighted by Gasteiger charge is -2.12. The highest BCUT2D eigenvalue weighted by Crippen LogP contribution is 2.43. The fourth-order valence-electron chi connectivity index (χ4n) is 2.04. The third kappa shape index (κ3) is 2.26. The van der Waals surface area contributed by atoms with E-state index in [1.54, 1.807) is 17.9 Å². The van der Waals surface area contributed by atoms with Crippen LogP contribution in [-0.4, -0.2) is 15.9 Å². The van der Waals surface area contributed by atoms with Crippen molar-refractivity contribution in [1.29, 1.82) is 0 Å². The van der Waals surface area contributed by atoms with E-state index < -0.39 is 5.82 Å². The van der Waals surface area contributed by atoms with Gasteiger partial charge >= 0.3 is 0 Å². The second kappa shape index (κ2) is 5.05. The lowest BCUT2D eigenvalue weighted by molar-refractivity contribution is 0.305. The van der Waals surface area contributed by atoms with Gasteiger partial charge in [0.05, 0.1) is 28.1 Å². The van der Waals surface area contributed by atoms with Gasteiger partial charge in [0, 0.05) is 12.6 Å². The number of nitrogens with zero attached hydrogens (tertiary/aromatic N) is 3. The van der Waals surface area contributed by atoms with E-state index in [0.717, 1.165) is 16.4 Å². The standard InChI is InChI=1S/C14H11FIN3O/c1-17-13-11(20-8-3-4-8)6-5-9(15)12(13)14-10(16)7-18-19(14)2/h5-8H,3-4H2,2H3. The maximum atomic E-state index is 14.3. The van der Waals surface area contributed by atoms with Crippen LogP contribution in [0.15, 0.2) is 18.3 Å². The first-order chi connectivity index (χ1) is 9.61. The van der Waals surface area contributed by atoms with Gasteiger partial charge in [-0.25, -0.2) is 9.24 Å². The highest BCUT2D eigenvalue weighted by Gasteiger charge is 2.27. The summed E-state index contributed by atoms with van der Waals surface area (Å²) in [5, 5.41) is 4.11. The molecule has 0 N–H and O–H groups in total. The predicted octanol–water partition coefficient (Wildman–Crippen LogP) is 3.92. The van der Waals surface area contributed by atoms with E-state index in [2.05, 4.69) is 32.5 Å². The lowest BCUT2D eigenvalue weighted by Crippen LogP contribution is -2.00. The summed E-state index contributed by atoms with van der Waals surface area (Å²) in [6, 6.07) is 2.89. The fraction of sp³-hybridized carbons (Fsp3) is 0.286. The van der Waals surface area contributed by atoms with Crippen LogP contribution in [0, 0.1) is 16.0 Å². The molecule has 0 aliphatic heterocycles. The summed E-state index contributed by atoms with van der Waals surface area (Å²) in [5.74, 6) is 0.0246. The van der Waals surface area contributed by atoms with Crippen molar-refractivity contribution in [2.24, 2.45) is 7.05 Å². The molecule has 1 aromatic heterocycles. The van der Waals surface area contributed by atoms with Gasteiger partial charge in [0.15, 0.2) is 0 Å². The van der Waals surface area contributed by atoms with E-state index in [1.807, 2.05) is 0 Å². The molecule has 0 unspecified atom stereocenters. The van der Waals surface area contributed by atoms with Gasteiger partial charge in [-0.1, -0.05) is 0 Å². The number of hydrogen-bond acceptors (Lipinski definition) is 2. The number of hydrogen-bond donors (Lipinski definition) is 0. The minimum atomic E-state index is -0.430. The third-order valence-corrected chi connectivity index (χ3v) is 3.94. The molecule has 0 bridgehead atoms. The van der Waals surface area contributed by atoms with Crippen LogP contribution in [-0.2, 0) is 7.05 Å². The molecule has 1 heterocycles. The molecule has 1 fully saturated rings. The summed E-state index contributed by atoms with van der Waals surface area (Å²) in [4.78, 5) is 3.49. The van der Waals surface area contributed by atoms with Crippen molar-refractivity contribution in [1.82, 2.24) is 9.78 Å². The second-order valence-corrected chi connectivity index (χ2v) is 5.83. The molecule has 3 rings (SSSR count). The summed E-state index contributed by atoms with van der Waals surface area (Å²) >= 11 is 2.09. The molecular formula is C14H11FIN3O. The Morgan fingerprint density at radius 2 is 2.25 bits per heavy atom. The van der Waals surface area contributed by atoms with E-state index in [0.29, 0.717) is 11.4 Å². The number of rotatable bonds is 3. The van der Waals surface area contributed by atoms with Crippen molar-refractivity contribution in [3.63, 3.8) is 0 Å². The first kappa shape index (κ1) is 13.4. The Balaban J connectivity index is 2.20. The maximum Gasteiger partial charge on any atom is 0.240 e. The summed E-state index contributed by atoms with van der Waals surface area (Å²) in [6.07, 6.45) is 3.80. The zero-order valence-electron chi connectivity index (χ0n) is 10.7. The van der Waals surface area contributed by atoms with Crippen molar-refractivity contribution in [3.8, 4) is 17.0 Å². The van der Waals surface area contributed by atoms with Crippen molar-refractivity contribution in [3.05, 3.63) is 39.1 Å². The van der Waals surface area contributed by atoms with Crippen LogP contribution in [0.5, 0.6) is 5.75 Å². The molecule has 1 aliphatic carbocycles. The quantitative estimate of drug-likeness (QED) is 0.595. The first-order valence-electron chi connectivity index (χ1n) is 6.16. The Labute approximate surface area is 129 Å². The minimum absolute atomic E-state index is 0.166. The van der Waals surface area contributed by atoms with E-state index in [1.165, 1.54) is 12.1 Å². The zero-order chi connectivity index (χ0) is 14.3. The molecule has 0 radical (unpaired) electrons. The van der Waals surface area contributed by atoms with Crippen LogP contribution >= 0.6 is 22.6 Å². The van der Waals surface area contributed by atoms with Gasteiger partial charge in [-0.3, -0.25) is 4.68 Å². The normalized spacial score (nSPS) is 14.1. The average molecular weight is 383 g/mol. The molecule has 1 aromatic carbocycles. The van der Waals surface area contributed by atoms with Gasteiger partial charge in [-0.2, -0.15) is 5.10 Å². The van der Waals surface area contributed by atoms with Gasteiger partial charge in [0.2, 0.25) is 5.69 Å². The van der Waals surface area contributed by atoms with Crippen molar-refractivity contribution >= 4 is 28.3 Å². The number of benzene rings is 1. The SMILES string of the molecule is [C-]#[N+]c1c(OC2CC2)ccc(F)c1-c1c(I)cnn1C. The van der Waals surface area contributed by atoms with E-state index in [-0.39, 0.29) is 17.4 Å². The van der Waals surface area contributed by atoms with Crippen LogP contribution in [0.1, 0.15) is 12.8 Å². The Kier molecular flexibility index (Phi) is 3.38. The van der Waals surface area contributed by atoms with E-state index in [9.17, 15) is 4.39 Å². The van der Waals surface area contributed by atoms with E-state index in [4.69, 9.17) is 11.3 Å². The fourth-order valence-corrected chi connectivity index (χ4v) is 2.78. The number of ether oxygens (including phenoxy) is 1. The Morgan fingerprint density at radius 3 is 2.80 bits per heavy atom. The third-order valence-electron chi connectivity index (χ3n) is 3.15. The number of aromatic nitrogens is 2. The van der Waals surface area contributed by atoms with Gasteiger partial charge in [-0.05, 0) is 47.6 Å². The van der Waals surface area contributed by atoms with Crippen LogP contribution in [0.25, 0.3) is 16.1 Å². The molecule has 0 saturated heterocycles. The van der Waals surface area contributed by atoms with Gasteiger partial charge in [0.25, 0.3) is 0 Å². The first-order valence-corrected chi connectivity index (χ1v) is 7.24. The van der Waals surface area contributed by atoms with Crippen molar-refractivity contribution in [2.75, 3.05) is 0 Å². The highest BCUT2D eigenvalue weighted by molar-refractivity contribution is 14.1. The number of halogens is 2. The van der Waals surface area contributed by atoms with Crippen LogP contribution in [0.4, 0.5) is 10.1 Å². The average Bonchev–Trinajstić information content (AvgIpc) is 3.18. The van der Waals surface area contributed by atoms with Gasteiger partial charge < -0.3 is 4.74 Å². The summed E-state index contributed by atoms with van der Waals surface area (Å²) < 4.78 is 22.3. The molecule has 20 heavy (non-hydrogen) atoms. The molecular weight excluding hydrogens is 372 g/mol. The Hall–Kier alpha value is -1.62. The predicted molar refractivity (Wildman–Crippen MR) is 81.2 cm³/mol. The molecule has 2 aromatic rings. The van der Waals surface area contributed by atoms with Crippen LogP contribution < -0.4 is 4.74 Å². The summed E-state index contributed by atoms with van der Waals surface area (Å²) in [7, 11) is 1.74. The summed E-state index contributed by atoms with van der Waals surface area (Å²) in [6.45, 7) is 7.38. The lowest BCUT2D eigenvalue weighted by atomic mass is 10.1.